The number of carbonyl (C=O) groups excluding carboxylic acids is 1. The molecule has 132 valence electrons. The standard InChI is InChI=1S/C17H21N5O3/c1-2-13-3-5-14(6-4-13)15-11-18-8-10-21(15)17(23)12-20-9-7-16(19-20)22(24)25/h3-7,9,15,18H,2,8,10-12H2,1H3. The lowest BCUT2D eigenvalue weighted by molar-refractivity contribution is -0.389. The third-order valence-electron chi connectivity index (χ3n) is 4.45. The minimum atomic E-state index is -0.566. The molecule has 1 aliphatic rings. The van der Waals surface area contributed by atoms with Crippen molar-refractivity contribution in [3.63, 3.8) is 0 Å². The van der Waals surface area contributed by atoms with Crippen LogP contribution in [0.4, 0.5) is 5.82 Å². The highest BCUT2D eigenvalue weighted by atomic mass is 16.6. The van der Waals surface area contributed by atoms with Gasteiger partial charge in [0, 0.05) is 19.6 Å². The highest BCUT2D eigenvalue weighted by molar-refractivity contribution is 5.76. The summed E-state index contributed by atoms with van der Waals surface area (Å²) in [4.78, 5) is 24.7. The first-order valence-corrected chi connectivity index (χ1v) is 8.35. The van der Waals surface area contributed by atoms with E-state index in [1.165, 1.54) is 22.5 Å². The summed E-state index contributed by atoms with van der Waals surface area (Å²) in [6, 6.07) is 9.56. The first-order valence-electron chi connectivity index (χ1n) is 8.35. The van der Waals surface area contributed by atoms with Crippen LogP contribution in [0, 0.1) is 10.1 Å². The van der Waals surface area contributed by atoms with E-state index in [9.17, 15) is 14.9 Å². The van der Waals surface area contributed by atoms with Crippen molar-refractivity contribution in [1.82, 2.24) is 20.0 Å². The number of aryl methyl sites for hydroxylation is 1. The molecule has 1 aromatic carbocycles. The summed E-state index contributed by atoms with van der Waals surface area (Å²) in [7, 11) is 0. The lowest BCUT2D eigenvalue weighted by atomic mass is 10.0. The Balaban J connectivity index is 1.74. The van der Waals surface area contributed by atoms with Gasteiger partial charge in [0.1, 0.15) is 6.54 Å². The lowest BCUT2D eigenvalue weighted by Gasteiger charge is -2.36. The van der Waals surface area contributed by atoms with Crippen LogP contribution in [0.25, 0.3) is 0 Å². The predicted octanol–water partition coefficient (Wildman–Crippen LogP) is 1.53. The van der Waals surface area contributed by atoms with Gasteiger partial charge in [-0.3, -0.25) is 4.79 Å². The van der Waals surface area contributed by atoms with Crippen LogP contribution in [0.2, 0.25) is 0 Å². The van der Waals surface area contributed by atoms with Gasteiger partial charge in [0.2, 0.25) is 5.91 Å². The molecule has 1 unspecified atom stereocenters. The van der Waals surface area contributed by atoms with Gasteiger partial charge in [-0.2, -0.15) is 4.68 Å². The lowest BCUT2D eigenvalue weighted by Crippen LogP contribution is -2.49. The van der Waals surface area contributed by atoms with Gasteiger partial charge in [-0.25, -0.2) is 0 Å². The second-order valence-corrected chi connectivity index (χ2v) is 6.03. The predicted molar refractivity (Wildman–Crippen MR) is 92.0 cm³/mol. The number of carbonyl (C=O) groups is 1. The summed E-state index contributed by atoms with van der Waals surface area (Å²) in [5, 5.41) is 17.9. The number of nitrogens with one attached hydrogen (secondary N) is 1. The van der Waals surface area contributed by atoms with Crippen molar-refractivity contribution in [2.24, 2.45) is 0 Å². The number of hydrogen-bond donors (Lipinski definition) is 1. The van der Waals surface area contributed by atoms with E-state index in [0.29, 0.717) is 13.1 Å². The van der Waals surface area contributed by atoms with Gasteiger partial charge in [0.25, 0.3) is 0 Å². The summed E-state index contributed by atoms with van der Waals surface area (Å²) in [6.07, 6.45) is 2.44. The van der Waals surface area contributed by atoms with Gasteiger partial charge < -0.3 is 20.3 Å². The molecule has 8 heteroatoms. The molecule has 25 heavy (non-hydrogen) atoms. The van der Waals surface area contributed by atoms with Crippen LogP contribution in [-0.2, 0) is 17.8 Å². The normalized spacial score (nSPS) is 17.5. The molecule has 3 rings (SSSR count). The summed E-state index contributed by atoms with van der Waals surface area (Å²) < 4.78 is 1.32. The fourth-order valence-corrected chi connectivity index (χ4v) is 3.04. The Bertz CT molecular complexity index is 756. The minimum Gasteiger partial charge on any atom is -0.358 e. The number of hydrogen-bond acceptors (Lipinski definition) is 5. The highest BCUT2D eigenvalue weighted by Crippen LogP contribution is 2.23. The van der Waals surface area contributed by atoms with Crippen LogP contribution in [0.5, 0.6) is 0 Å². The van der Waals surface area contributed by atoms with E-state index < -0.39 is 4.92 Å². The zero-order valence-electron chi connectivity index (χ0n) is 14.1. The van der Waals surface area contributed by atoms with Crippen LogP contribution in [-0.4, -0.2) is 45.1 Å². The maximum Gasteiger partial charge on any atom is 0.389 e. The van der Waals surface area contributed by atoms with E-state index >= 15 is 0 Å². The molecule has 1 aliphatic heterocycles. The largest absolute Gasteiger partial charge is 0.389 e. The summed E-state index contributed by atoms with van der Waals surface area (Å²) in [6.45, 7) is 4.13. The van der Waals surface area contributed by atoms with Gasteiger partial charge in [-0.05, 0) is 22.5 Å². The van der Waals surface area contributed by atoms with Crippen LogP contribution < -0.4 is 5.32 Å². The molecule has 1 N–H and O–H groups in total. The fourth-order valence-electron chi connectivity index (χ4n) is 3.04. The Kier molecular flexibility index (Phi) is 5.08. The van der Waals surface area contributed by atoms with Crippen LogP contribution in [0.15, 0.2) is 36.5 Å². The summed E-state index contributed by atoms with van der Waals surface area (Å²) in [5.41, 5.74) is 2.35. The molecule has 2 aromatic rings. The van der Waals surface area contributed by atoms with Crippen molar-refractivity contribution in [2.75, 3.05) is 19.6 Å². The van der Waals surface area contributed by atoms with Gasteiger partial charge in [-0.1, -0.05) is 31.2 Å². The molecule has 0 radical (unpaired) electrons. The molecule has 1 atom stereocenters. The number of piperazine rings is 1. The van der Waals surface area contributed by atoms with Crippen molar-refractivity contribution in [1.29, 1.82) is 0 Å². The maximum absolute atomic E-state index is 12.7. The van der Waals surface area contributed by atoms with E-state index in [1.54, 1.807) is 0 Å². The van der Waals surface area contributed by atoms with Crippen LogP contribution >= 0.6 is 0 Å². The van der Waals surface area contributed by atoms with Crippen molar-refractivity contribution in [3.8, 4) is 0 Å². The number of nitro groups is 1. The molecular weight excluding hydrogens is 322 g/mol. The van der Waals surface area contributed by atoms with Crippen LogP contribution in [0.3, 0.4) is 0 Å². The number of aromatic nitrogens is 2. The highest BCUT2D eigenvalue weighted by Gasteiger charge is 2.28. The second-order valence-electron chi connectivity index (χ2n) is 6.03. The van der Waals surface area contributed by atoms with E-state index in [1.807, 2.05) is 4.90 Å². The average molecular weight is 343 g/mol. The first kappa shape index (κ1) is 17.1. The molecule has 0 saturated carbocycles. The molecule has 0 aliphatic carbocycles. The molecule has 0 bridgehead atoms. The van der Waals surface area contributed by atoms with E-state index in [4.69, 9.17) is 0 Å². The number of amides is 1. The Hall–Kier alpha value is -2.74. The average Bonchev–Trinajstić information content (AvgIpc) is 3.10. The van der Waals surface area contributed by atoms with Crippen molar-refractivity contribution in [2.45, 2.75) is 25.9 Å². The van der Waals surface area contributed by atoms with Gasteiger partial charge in [-0.15, -0.1) is 0 Å². The van der Waals surface area contributed by atoms with Gasteiger partial charge >= 0.3 is 5.82 Å². The third kappa shape index (κ3) is 3.85. The Morgan fingerprint density at radius 3 is 2.76 bits per heavy atom. The van der Waals surface area contributed by atoms with E-state index in [-0.39, 0.29) is 24.3 Å². The zero-order chi connectivity index (χ0) is 17.8. The first-order chi connectivity index (χ1) is 12.1. The molecular formula is C17H21N5O3. The molecule has 1 saturated heterocycles. The second kappa shape index (κ2) is 7.43. The van der Waals surface area contributed by atoms with Gasteiger partial charge in [0.15, 0.2) is 0 Å². The topological polar surface area (TPSA) is 93.3 Å². The molecule has 0 spiro atoms. The quantitative estimate of drug-likeness (QED) is 0.656. The zero-order valence-corrected chi connectivity index (χ0v) is 14.1. The fraction of sp³-hybridized carbons (Fsp3) is 0.412. The number of nitrogens with zero attached hydrogens (tertiary/aromatic N) is 4. The van der Waals surface area contributed by atoms with Crippen molar-refractivity contribution in [3.05, 3.63) is 57.8 Å². The monoisotopic (exact) mass is 343 g/mol. The number of benzene rings is 1. The van der Waals surface area contributed by atoms with Crippen molar-refractivity contribution < 1.29 is 9.72 Å². The molecule has 1 aromatic heterocycles. The SMILES string of the molecule is CCc1ccc(C2CNCCN2C(=O)Cn2ccc([N+](=O)[O-])n2)cc1. The Morgan fingerprint density at radius 2 is 2.12 bits per heavy atom. The van der Waals surface area contributed by atoms with Crippen molar-refractivity contribution >= 4 is 11.7 Å². The van der Waals surface area contributed by atoms with Gasteiger partial charge in [0.05, 0.1) is 23.4 Å². The van der Waals surface area contributed by atoms with E-state index in [2.05, 4.69) is 41.6 Å². The maximum atomic E-state index is 12.7. The third-order valence-corrected chi connectivity index (χ3v) is 4.45. The molecule has 8 nitrogen and oxygen atoms in total. The van der Waals surface area contributed by atoms with Crippen LogP contribution in [0.1, 0.15) is 24.1 Å². The molecule has 1 fully saturated rings. The Morgan fingerprint density at radius 1 is 1.36 bits per heavy atom. The summed E-state index contributed by atoms with van der Waals surface area (Å²) in [5.74, 6) is -0.344. The molecule has 1 amide bonds. The summed E-state index contributed by atoms with van der Waals surface area (Å²) >= 11 is 0. The molecule has 2 heterocycles. The smallest absolute Gasteiger partial charge is 0.358 e. The number of rotatable bonds is 5. The Labute approximate surface area is 145 Å². The minimum absolute atomic E-state index is 0.00260. The van der Waals surface area contributed by atoms with E-state index in [0.717, 1.165) is 18.5 Å².